The Morgan fingerprint density at radius 1 is 1.05 bits per heavy atom. The summed E-state index contributed by atoms with van der Waals surface area (Å²) in [5, 5.41) is 3.26. The fraction of sp³-hybridized carbons (Fsp3) is 0.235. The van der Waals surface area contributed by atoms with Crippen LogP contribution in [0.25, 0.3) is 0 Å². The Morgan fingerprint density at radius 2 is 1.68 bits per heavy atom. The number of Topliss-reactive ketones (excluding diaryl/α,β-unsaturated/α-hetero) is 1. The molecule has 2 rings (SSSR count). The van der Waals surface area contributed by atoms with Gasteiger partial charge in [-0.15, -0.1) is 0 Å². The molecule has 0 aliphatic rings. The average molecular weight is 253 g/mol. The molecule has 0 spiro atoms. The van der Waals surface area contributed by atoms with E-state index in [2.05, 4.69) is 24.4 Å². The fourth-order valence-corrected chi connectivity index (χ4v) is 1.95. The summed E-state index contributed by atoms with van der Waals surface area (Å²) < 4.78 is 0. The zero-order chi connectivity index (χ0) is 13.7. The number of ketones is 1. The zero-order valence-electron chi connectivity index (χ0n) is 11.4. The first-order chi connectivity index (χ1) is 9.16. The van der Waals surface area contributed by atoms with E-state index in [1.807, 2.05) is 49.4 Å². The number of rotatable bonds is 5. The Morgan fingerprint density at radius 3 is 2.32 bits per heavy atom. The molecule has 0 bridgehead atoms. The van der Waals surface area contributed by atoms with E-state index < -0.39 is 0 Å². The van der Waals surface area contributed by atoms with E-state index in [0.717, 1.165) is 5.56 Å². The van der Waals surface area contributed by atoms with E-state index in [1.54, 1.807) is 0 Å². The van der Waals surface area contributed by atoms with Crippen molar-refractivity contribution >= 4 is 5.78 Å². The molecule has 19 heavy (non-hydrogen) atoms. The predicted molar refractivity (Wildman–Crippen MR) is 78.4 cm³/mol. The third-order valence-corrected chi connectivity index (χ3v) is 3.24. The minimum absolute atomic E-state index is 0.128. The minimum Gasteiger partial charge on any atom is -0.303 e. The Balaban J connectivity index is 1.92. The molecule has 1 unspecified atom stereocenters. The summed E-state index contributed by atoms with van der Waals surface area (Å²) >= 11 is 0. The van der Waals surface area contributed by atoms with Crippen molar-refractivity contribution in [2.75, 3.05) is 6.54 Å². The molecule has 0 fully saturated rings. The highest BCUT2D eigenvalue weighted by Crippen LogP contribution is 2.11. The van der Waals surface area contributed by atoms with Gasteiger partial charge in [-0.1, -0.05) is 60.2 Å². The number of carbonyl (C=O) groups excluding carboxylic acids is 1. The molecule has 98 valence electrons. The van der Waals surface area contributed by atoms with Crippen LogP contribution in [0.15, 0.2) is 54.6 Å². The molecule has 0 aliphatic heterocycles. The van der Waals surface area contributed by atoms with Crippen LogP contribution in [0.5, 0.6) is 0 Å². The molecule has 2 nitrogen and oxygen atoms in total. The van der Waals surface area contributed by atoms with E-state index >= 15 is 0 Å². The summed E-state index contributed by atoms with van der Waals surface area (Å²) in [5.74, 6) is 0.128. The monoisotopic (exact) mass is 253 g/mol. The Kier molecular flexibility index (Phi) is 4.48. The number of nitrogens with one attached hydrogen (secondary N) is 1. The van der Waals surface area contributed by atoms with Crippen molar-refractivity contribution in [1.82, 2.24) is 5.32 Å². The van der Waals surface area contributed by atoms with Gasteiger partial charge in [0.15, 0.2) is 5.78 Å². The Labute approximate surface area is 114 Å². The van der Waals surface area contributed by atoms with Gasteiger partial charge in [-0.25, -0.2) is 0 Å². The molecule has 1 N–H and O–H groups in total. The quantitative estimate of drug-likeness (QED) is 0.826. The van der Waals surface area contributed by atoms with Gasteiger partial charge in [0.2, 0.25) is 0 Å². The summed E-state index contributed by atoms with van der Waals surface area (Å²) in [6, 6.07) is 18.0. The van der Waals surface area contributed by atoms with Crippen LogP contribution < -0.4 is 5.32 Å². The lowest BCUT2D eigenvalue weighted by atomic mass is 10.1. The van der Waals surface area contributed by atoms with E-state index in [-0.39, 0.29) is 11.8 Å². The maximum Gasteiger partial charge on any atom is 0.176 e. The van der Waals surface area contributed by atoms with Gasteiger partial charge in [-0.3, -0.25) is 4.79 Å². The van der Waals surface area contributed by atoms with Gasteiger partial charge in [0, 0.05) is 11.6 Å². The lowest BCUT2D eigenvalue weighted by molar-refractivity contribution is 0.0988. The SMILES string of the molecule is Cc1ccc(C(=O)CNC(C)c2ccccc2)cc1. The molecule has 0 radical (unpaired) electrons. The zero-order valence-corrected chi connectivity index (χ0v) is 11.4. The number of carbonyl (C=O) groups is 1. The van der Waals surface area contributed by atoms with Crippen molar-refractivity contribution in [2.24, 2.45) is 0 Å². The number of hydrogen-bond acceptors (Lipinski definition) is 2. The maximum absolute atomic E-state index is 12.0. The van der Waals surface area contributed by atoms with Crippen LogP contribution in [-0.2, 0) is 0 Å². The summed E-state index contributed by atoms with van der Waals surface area (Å²) in [4.78, 5) is 12.0. The summed E-state index contributed by atoms with van der Waals surface area (Å²) in [5.41, 5.74) is 3.12. The summed E-state index contributed by atoms with van der Waals surface area (Å²) in [6.45, 7) is 4.45. The summed E-state index contributed by atoms with van der Waals surface area (Å²) in [6.07, 6.45) is 0. The fourth-order valence-electron chi connectivity index (χ4n) is 1.95. The van der Waals surface area contributed by atoms with Crippen molar-refractivity contribution in [3.8, 4) is 0 Å². The molecule has 0 saturated carbocycles. The lowest BCUT2D eigenvalue weighted by Crippen LogP contribution is -2.26. The van der Waals surface area contributed by atoms with Gasteiger partial charge >= 0.3 is 0 Å². The maximum atomic E-state index is 12.0. The van der Waals surface area contributed by atoms with Gasteiger partial charge in [0.1, 0.15) is 0 Å². The van der Waals surface area contributed by atoms with Gasteiger partial charge in [0.05, 0.1) is 6.54 Å². The topological polar surface area (TPSA) is 29.1 Å². The van der Waals surface area contributed by atoms with Crippen molar-refractivity contribution < 1.29 is 4.79 Å². The van der Waals surface area contributed by atoms with Crippen molar-refractivity contribution in [3.63, 3.8) is 0 Å². The van der Waals surface area contributed by atoms with E-state index in [9.17, 15) is 4.79 Å². The molecule has 0 aromatic heterocycles. The van der Waals surface area contributed by atoms with Crippen molar-refractivity contribution in [2.45, 2.75) is 19.9 Å². The lowest BCUT2D eigenvalue weighted by Gasteiger charge is -2.13. The molecule has 0 aliphatic carbocycles. The highest BCUT2D eigenvalue weighted by atomic mass is 16.1. The number of hydrogen-bond donors (Lipinski definition) is 1. The van der Waals surface area contributed by atoms with E-state index in [0.29, 0.717) is 6.54 Å². The van der Waals surface area contributed by atoms with Gasteiger partial charge in [-0.05, 0) is 19.4 Å². The van der Waals surface area contributed by atoms with Crippen molar-refractivity contribution in [3.05, 3.63) is 71.3 Å². The second-order valence-electron chi connectivity index (χ2n) is 4.80. The van der Waals surface area contributed by atoms with Gasteiger partial charge < -0.3 is 5.32 Å². The third kappa shape index (κ3) is 3.76. The molecule has 0 heterocycles. The number of benzene rings is 2. The second kappa shape index (κ2) is 6.30. The first kappa shape index (κ1) is 13.5. The molecule has 2 aromatic rings. The molecular weight excluding hydrogens is 234 g/mol. The van der Waals surface area contributed by atoms with Crippen LogP contribution in [0.2, 0.25) is 0 Å². The highest BCUT2D eigenvalue weighted by molar-refractivity contribution is 5.97. The minimum atomic E-state index is 0.128. The van der Waals surface area contributed by atoms with Gasteiger partial charge in [0.25, 0.3) is 0 Å². The third-order valence-electron chi connectivity index (χ3n) is 3.24. The van der Waals surface area contributed by atoms with E-state index in [4.69, 9.17) is 0 Å². The average Bonchev–Trinajstić information content (AvgIpc) is 2.46. The Bertz CT molecular complexity index is 531. The smallest absolute Gasteiger partial charge is 0.176 e. The van der Waals surface area contributed by atoms with Gasteiger partial charge in [-0.2, -0.15) is 0 Å². The largest absolute Gasteiger partial charge is 0.303 e. The Hall–Kier alpha value is -1.93. The standard InChI is InChI=1S/C17H19NO/c1-13-8-10-16(11-9-13)17(19)12-18-14(2)15-6-4-3-5-7-15/h3-11,14,18H,12H2,1-2H3. The van der Waals surface area contributed by atoms with Crippen LogP contribution in [0.1, 0.15) is 34.5 Å². The molecular formula is C17H19NO. The highest BCUT2D eigenvalue weighted by Gasteiger charge is 2.08. The molecule has 0 saturated heterocycles. The van der Waals surface area contributed by atoms with Crippen LogP contribution in [0.4, 0.5) is 0 Å². The van der Waals surface area contributed by atoms with Crippen molar-refractivity contribution in [1.29, 1.82) is 0 Å². The first-order valence-corrected chi connectivity index (χ1v) is 6.55. The second-order valence-corrected chi connectivity index (χ2v) is 4.80. The predicted octanol–water partition coefficient (Wildman–Crippen LogP) is 3.53. The molecule has 2 aromatic carbocycles. The molecule has 1 atom stereocenters. The molecule has 2 heteroatoms. The normalized spacial score (nSPS) is 12.1. The number of aryl methyl sites for hydroxylation is 1. The van der Waals surface area contributed by atoms with Crippen LogP contribution in [0.3, 0.4) is 0 Å². The first-order valence-electron chi connectivity index (χ1n) is 6.55. The summed E-state index contributed by atoms with van der Waals surface area (Å²) in [7, 11) is 0. The molecule has 0 amide bonds. The van der Waals surface area contributed by atoms with Crippen LogP contribution in [-0.4, -0.2) is 12.3 Å². The van der Waals surface area contributed by atoms with Crippen LogP contribution in [0, 0.1) is 6.92 Å². The van der Waals surface area contributed by atoms with E-state index in [1.165, 1.54) is 11.1 Å². The van der Waals surface area contributed by atoms with Crippen LogP contribution >= 0.6 is 0 Å².